The molecule has 0 aliphatic heterocycles. The molecule has 1 aromatic carbocycles. The van der Waals surface area contributed by atoms with Crippen molar-refractivity contribution in [2.24, 2.45) is 0 Å². The molecule has 0 spiro atoms. The minimum atomic E-state index is -0.187. The van der Waals surface area contributed by atoms with Crippen LogP contribution in [0.15, 0.2) is 49.8 Å². The molecule has 0 aromatic heterocycles. The maximum Gasteiger partial charge on any atom is 0.248 e. The van der Waals surface area contributed by atoms with E-state index in [1.54, 1.807) is 7.11 Å². The summed E-state index contributed by atoms with van der Waals surface area (Å²) < 4.78 is 10.1. The Morgan fingerprint density at radius 1 is 1.33 bits per heavy atom. The minimum absolute atomic E-state index is 0.153. The van der Waals surface area contributed by atoms with Crippen molar-refractivity contribution in [2.75, 3.05) is 13.8 Å². The number of methoxy groups -OCH3 is 1. The normalized spacial score (nSPS) is 9.39. The molecule has 0 radical (unpaired) electrons. The monoisotopic (exact) mass is 247 g/mol. The van der Waals surface area contributed by atoms with E-state index in [1.165, 1.54) is 17.2 Å². The zero-order chi connectivity index (χ0) is 13.4. The second-order valence-corrected chi connectivity index (χ2v) is 3.55. The van der Waals surface area contributed by atoms with Crippen molar-refractivity contribution in [1.82, 2.24) is 4.90 Å². The lowest BCUT2D eigenvalue weighted by atomic mass is 10.2. The Balaban J connectivity index is 2.71. The predicted octanol–water partition coefficient (Wildman–Crippen LogP) is 2.33. The van der Waals surface area contributed by atoms with Gasteiger partial charge in [-0.2, -0.15) is 0 Å². The van der Waals surface area contributed by atoms with E-state index in [1.807, 2.05) is 24.3 Å². The number of carbonyl (C=O) groups excluding carboxylic acids is 1. The second-order valence-electron chi connectivity index (χ2n) is 3.55. The van der Waals surface area contributed by atoms with Gasteiger partial charge in [0, 0.05) is 6.54 Å². The van der Waals surface area contributed by atoms with E-state index in [0.29, 0.717) is 6.54 Å². The number of rotatable bonds is 7. The molecule has 0 saturated heterocycles. The van der Waals surface area contributed by atoms with E-state index in [0.717, 1.165) is 11.3 Å². The summed E-state index contributed by atoms with van der Waals surface area (Å²) in [6, 6.07) is 7.49. The first-order chi connectivity index (χ1) is 8.71. The van der Waals surface area contributed by atoms with Crippen LogP contribution in [0.2, 0.25) is 0 Å². The second kappa shape index (κ2) is 7.17. The topological polar surface area (TPSA) is 38.8 Å². The molecule has 1 amide bonds. The number of amides is 1. The zero-order valence-corrected chi connectivity index (χ0v) is 10.5. The molecule has 0 aliphatic rings. The maximum atomic E-state index is 11.6. The van der Waals surface area contributed by atoms with Gasteiger partial charge in [-0.25, -0.2) is 0 Å². The molecular formula is C14H17NO3. The van der Waals surface area contributed by atoms with Gasteiger partial charge in [-0.3, -0.25) is 4.79 Å². The first-order valence-electron chi connectivity index (χ1n) is 5.48. The average Bonchev–Trinajstić information content (AvgIpc) is 2.43. The minimum Gasteiger partial charge on any atom is -0.497 e. The molecule has 0 atom stereocenters. The van der Waals surface area contributed by atoms with E-state index < -0.39 is 0 Å². The van der Waals surface area contributed by atoms with Gasteiger partial charge in [-0.05, 0) is 23.8 Å². The molecule has 4 nitrogen and oxygen atoms in total. The Bertz CT molecular complexity index is 412. The Morgan fingerprint density at radius 3 is 2.50 bits per heavy atom. The van der Waals surface area contributed by atoms with Gasteiger partial charge in [0.05, 0.1) is 13.4 Å². The van der Waals surface area contributed by atoms with Crippen molar-refractivity contribution in [3.63, 3.8) is 0 Å². The lowest BCUT2D eigenvalue weighted by Crippen LogP contribution is -2.30. The molecule has 96 valence electrons. The Hall–Kier alpha value is -2.23. The van der Waals surface area contributed by atoms with E-state index in [9.17, 15) is 4.79 Å². The van der Waals surface area contributed by atoms with Crippen molar-refractivity contribution in [1.29, 1.82) is 0 Å². The van der Waals surface area contributed by atoms with Crippen LogP contribution in [0.4, 0.5) is 0 Å². The Morgan fingerprint density at radius 2 is 2.00 bits per heavy atom. The summed E-state index contributed by atoms with van der Waals surface area (Å²) in [5, 5.41) is 0. The van der Waals surface area contributed by atoms with Gasteiger partial charge in [0.25, 0.3) is 0 Å². The lowest BCUT2D eigenvalue weighted by Gasteiger charge is -2.20. The first kappa shape index (κ1) is 13.8. The van der Waals surface area contributed by atoms with Gasteiger partial charge >= 0.3 is 0 Å². The predicted molar refractivity (Wildman–Crippen MR) is 69.9 cm³/mol. The molecule has 0 N–H and O–H groups in total. The van der Waals surface area contributed by atoms with Crippen LogP contribution in [0.5, 0.6) is 5.75 Å². The summed E-state index contributed by atoms with van der Waals surface area (Å²) in [5.74, 6) is 0.593. The quantitative estimate of drug-likeness (QED) is 0.421. The number of benzene rings is 1. The Kier molecular flexibility index (Phi) is 5.51. The van der Waals surface area contributed by atoms with E-state index in [2.05, 4.69) is 13.2 Å². The van der Waals surface area contributed by atoms with Crippen molar-refractivity contribution >= 4 is 5.91 Å². The van der Waals surface area contributed by atoms with E-state index in [-0.39, 0.29) is 12.6 Å². The fourth-order valence-electron chi connectivity index (χ4n) is 1.41. The summed E-state index contributed by atoms with van der Waals surface area (Å²) in [6.45, 7) is 7.51. The van der Waals surface area contributed by atoms with Crippen molar-refractivity contribution in [3.8, 4) is 5.75 Å². The highest BCUT2D eigenvalue weighted by molar-refractivity contribution is 5.86. The van der Waals surface area contributed by atoms with Crippen LogP contribution in [0.1, 0.15) is 5.56 Å². The molecule has 0 saturated carbocycles. The lowest BCUT2D eigenvalue weighted by molar-refractivity contribution is -0.130. The number of ether oxygens (including phenoxy) is 2. The summed E-state index contributed by atoms with van der Waals surface area (Å²) in [7, 11) is 1.61. The number of hydrogen-bond acceptors (Lipinski definition) is 3. The SMILES string of the molecule is C=COCN(Cc1ccc(OC)cc1)C(=O)C=C. The molecule has 1 aromatic rings. The van der Waals surface area contributed by atoms with Crippen LogP contribution >= 0.6 is 0 Å². The highest BCUT2D eigenvalue weighted by Crippen LogP contribution is 2.13. The number of hydrogen-bond donors (Lipinski definition) is 0. The van der Waals surface area contributed by atoms with Crippen molar-refractivity contribution in [2.45, 2.75) is 6.54 Å². The summed E-state index contributed by atoms with van der Waals surface area (Å²) in [6.07, 6.45) is 2.56. The van der Waals surface area contributed by atoms with Crippen LogP contribution < -0.4 is 4.74 Å². The molecule has 0 heterocycles. The van der Waals surface area contributed by atoms with Crippen LogP contribution in [-0.4, -0.2) is 24.6 Å². The number of nitrogens with zero attached hydrogens (tertiary/aromatic N) is 1. The molecular weight excluding hydrogens is 230 g/mol. The van der Waals surface area contributed by atoms with Crippen molar-refractivity contribution in [3.05, 3.63) is 55.3 Å². The Labute approximate surface area is 107 Å². The standard InChI is InChI=1S/C14H17NO3/c1-4-14(16)15(11-18-5-2)10-12-6-8-13(17-3)9-7-12/h4-9H,1-2,10-11H2,3H3. The van der Waals surface area contributed by atoms with Gasteiger partial charge < -0.3 is 14.4 Å². The van der Waals surface area contributed by atoms with Gasteiger partial charge in [0.2, 0.25) is 5.91 Å². The molecule has 1 rings (SSSR count). The van der Waals surface area contributed by atoms with Gasteiger partial charge in [-0.15, -0.1) is 0 Å². The molecule has 0 fully saturated rings. The highest BCUT2D eigenvalue weighted by Gasteiger charge is 2.10. The van der Waals surface area contributed by atoms with Gasteiger partial charge in [0.1, 0.15) is 5.75 Å². The van der Waals surface area contributed by atoms with Crippen molar-refractivity contribution < 1.29 is 14.3 Å². The third-order valence-corrected chi connectivity index (χ3v) is 2.37. The fourth-order valence-corrected chi connectivity index (χ4v) is 1.41. The average molecular weight is 247 g/mol. The van der Waals surface area contributed by atoms with Crippen LogP contribution in [0, 0.1) is 0 Å². The largest absolute Gasteiger partial charge is 0.497 e. The summed E-state index contributed by atoms with van der Waals surface area (Å²) in [4.78, 5) is 13.1. The van der Waals surface area contributed by atoms with E-state index >= 15 is 0 Å². The zero-order valence-electron chi connectivity index (χ0n) is 10.5. The third-order valence-electron chi connectivity index (χ3n) is 2.37. The van der Waals surface area contributed by atoms with Crippen LogP contribution in [0.3, 0.4) is 0 Å². The summed E-state index contributed by atoms with van der Waals surface area (Å²) >= 11 is 0. The molecule has 18 heavy (non-hydrogen) atoms. The third kappa shape index (κ3) is 3.97. The molecule has 0 aliphatic carbocycles. The van der Waals surface area contributed by atoms with Crippen LogP contribution in [0.25, 0.3) is 0 Å². The van der Waals surface area contributed by atoms with Gasteiger partial charge in [-0.1, -0.05) is 25.3 Å². The van der Waals surface area contributed by atoms with E-state index in [4.69, 9.17) is 9.47 Å². The molecule has 0 bridgehead atoms. The summed E-state index contributed by atoms with van der Waals surface area (Å²) in [5.41, 5.74) is 0.985. The first-order valence-corrected chi connectivity index (χ1v) is 5.48. The fraction of sp³-hybridized carbons (Fsp3) is 0.214. The highest BCUT2D eigenvalue weighted by atomic mass is 16.5. The smallest absolute Gasteiger partial charge is 0.248 e. The number of carbonyl (C=O) groups is 1. The maximum absolute atomic E-state index is 11.6. The van der Waals surface area contributed by atoms with Crippen LogP contribution in [-0.2, 0) is 16.1 Å². The molecule has 4 heteroatoms. The molecule has 0 unspecified atom stereocenters. The van der Waals surface area contributed by atoms with Gasteiger partial charge in [0.15, 0.2) is 6.73 Å².